The fourth-order valence-corrected chi connectivity index (χ4v) is 2.26. The van der Waals surface area contributed by atoms with E-state index >= 15 is 0 Å². The lowest BCUT2D eigenvalue weighted by atomic mass is 10.2. The zero-order valence-corrected chi connectivity index (χ0v) is 11.9. The Hall–Kier alpha value is -0.530. The lowest BCUT2D eigenvalue weighted by molar-refractivity contribution is -0.448. The zero-order chi connectivity index (χ0) is 10.7. The molecule has 0 aliphatic carbocycles. The second-order valence-corrected chi connectivity index (χ2v) is 4.94. The van der Waals surface area contributed by atoms with Crippen LogP contribution in [0.1, 0.15) is 5.82 Å². The zero-order valence-electron chi connectivity index (χ0n) is 7.56. The Labute approximate surface area is 115 Å². The molecule has 1 aromatic rings. The van der Waals surface area contributed by atoms with Crippen LogP contribution in [0.25, 0.3) is 5.57 Å². The summed E-state index contributed by atoms with van der Waals surface area (Å²) in [5, 5.41) is 0. The molecule has 2 rings (SSSR count). The minimum absolute atomic E-state index is 0.911. The van der Waals surface area contributed by atoms with Gasteiger partial charge in [0.1, 0.15) is 12.4 Å². The molecule has 0 saturated carbocycles. The van der Waals surface area contributed by atoms with E-state index in [-0.39, 0.29) is 0 Å². The Morgan fingerprint density at radius 1 is 1.40 bits per heavy atom. The Morgan fingerprint density at radius 2 is 2.27 bits per heavy atom. The molecule has 15 heavy (non-hydrogen) atoms. The molecule has 1 aliphatic rings. The maximum absolute atomic E-state index is 4.35. The van der Waals surface area contributed by atoms with Gasteiger partial charge >= 0.3 is 5.82 Å². The summed E-state index contributed by atoms with van der Waals surface area (Å²) in [6.45, 7) is 0. The summed E-state index contributed by atoms with van der Waals surface area (Å²) in [4.78, 5) is 8.30. The third-order valence-corrected chi connectivity index (χ3v) is 3.45. The summed E-state index contributed by atoms with van der Waals surface area (Å²) in [6, 6.07) is 1.90. The molecule has 1 aromatic heterocycles. The summed E-state index contributed by atoms with van der Waals surface area (Å²) >= 11 is 4.46. The number of allylic oxidation sites excluding steroid dienone is 4. The molecule has 0 aromatic carbocycles. The highest BCUT2D eigenvalue weighted by Gasteiger charge is 2.16. The summed E-state index contributed by atoms with van der Waals surface area (Å²) in [6.07, 6.45) is 9.26. The highest BCUT2D eigenvalue weighted by molar-refractivity contribution is 14.1. The fraction of sp³-hybridized carbons (Fsp3) is 0. The topological polar surface area (TPSA) is 29.1 Å². The molecule has 0 saturated heterocycles. The normalized spacial score (nSPS) is 14.5. The standard InChI is InChI=1S/C10H6I2N3/c11-9-3-6-13-5-2-8(9)10-14-4-1-7-15(10)12/h1-5,7H/q+1. The first-order chi connectivity index (χ1) is 7.29. The van der Waals surface area contributed by atoms with Crippen molar-refractivity contribution < 1.29 is 2.78 Å². The van der Waals surface area contributed by atoms with Crippen LogP contribution < -0.4 is 2.78 Å². The molecule has 0 amide bonds. The molecule has 5 heteroatoms. The maximum atomic E-state index is 4.35. The number of nitrogens with zero attached hydrogens (tertiary/aromatic N) is 3. The van der Waals surface area contributed by atoms with Gasteiger partial charge in [0.15, 0.2) is 0 Å². The van der Waals surface area contributed by atoms with E-state index in [4.69, 9.17) is 0 Å². The van der Waals surface area contributed by atoms with Crippen LogP contribution in [-0.2, 0) is 0 Å². The van der Waals surface area contributed by atoms with Gasteiger partial charge in [0.25, 0.3) is 0 Å². The maximum Gasteiger partial charge on any atom is 0.339 e. The molecule has 0 fully saturated rings. The molecular weight excluding hydrogens is 416 g/mol. The number of rotatable bonds is 1. The SMILES string of the molecule is IC1=C(c2nccc[n+]2I)C=CN=C=C1. The summed E-state index contributed by atoms with van der Waals surface area (Å²) in [7, 11) is 0. The molecule has 0 atom stereocenters. The monoisotopic (exact) mass is 422 g/mol. The van der Waals surface area contributed by atoms with Crippen LogP contribution in [0.4, 0.5) is 0 Å². The van der Waals surface area contributed by atoms with Gasteiger partial charge in [0, 0.05) is 21.9 Å². The van der Waals surface area contributed by atoms with Gasteiger partial charge in [-0.3, -0.25) is 0 Å². The number of aromatic nitrogens is 2. The predicted molar refractivity (Wildman–Crippen MR) is 75.9 cm³/mol. The highest BCUT2D eigenvalue weighted by atomic mass is 127. The lowest BCUT2D eigenvalue weighted by Crippen LogP contribution is -2.25. The number of hydrogen-bond acceptors (Lipinski definition) is 2. The van der Waals surface area contributed by atoms with Crippen molar-refractivity contribution in [3.05, 3.63) is 46.2 Å². The Kier molecular flexibility index (Phi) is 3.66. The van der Waals surface area contributed by atoms with Gasteiger partial charge in [-0.2, -0.15) is 2.78 Å². The summed E-state index contributed by atoms with van der Waals surface area (Å²) < 4.78 is 3.03. The van der Waals surface area contributed by atoms with Gasteiger partial charge in [0.05, 0.1) is 5.57 Å². The molecule has 74 valence electrons. The van der Waals surface area contributed by atoms with E-state index in [1.807, 2.05) is 27.2 Å². The quantitative estimate of drug-likeness (QED) is 0.640. The van der Waals surface area contributed by atoms with Crippen LogP contribution in [0, 0.1) is 0 Å². The van der Waals surface area contributed by atoms with E-state index in [2.05, 4.69) is 61.3 Å². The van der Waals surface area contributed by atoms with E-state index < -0.39 is 0 Å². The second kappa shape index (κ2) is 5.00. The Bertz CT molecular complexity index is 511. The van der Waals surface area contributed by atoms with Crippen molar-refractivity contribution in [1.29, 1.82) is 0 Å². The molecule has 0 unspecified atom stereocenters. The van der Waals surface area contributed by atoms with Gasteiger partial charge in [-0.05, 0) is 39.5 Å². The van der Waals surface area contributed by atoms with Crippen LogP contribution in [0.3, 0.4) is 0 Å². The molecule has 0 N–H and O–H groups in total. The van der Waals surface area contributed by atoms with E-state index in [0.29, 0.717) is 0 Å². The van der Waals surface area contributed by atoms with Gasteiger partial charge in [0.2, 0.25) is 22.9 Å². The van der Waals surface area contributed by atoms with E-state index in [1.54, 1.807) is 12.4 Å². The third kappa shape index (κ3) is 2.53. The molecular formula is C10H6I2N3+. The van der Waals surface area contributed by atoms with Crippen LogP contribution in [0.5, 0.6) is 0 Å². The number of aliphatic imine (C=N–C) groups is 1. The molecule has 0 spiro atoms. The smallest absolute Gasteiger partial charge is 0.214 e. The van der Waals surface area contributed by atoms with E-state index in [1.165, 1.54) is 0 Å². The number of hydrogen-bond donors (Lipinski definition) is 0. The van der Waals surface area contributed by atoms with Gasteiger partial charge in [-0.1, -0.05) is 0 Å². The molecule has 2 heterocycles. The molecule has 0 radical (unpaired) electrons. The second-order valence-electron chi connectivity index (χ2n) is 2.73. The van der Waals surface area contributed by atoms with E-state index in [0.717, 1.165) is 15.0 Å². The van der Waals surface area contributed by atoms with Crippen molar-refractivity contribution in [2.75, 3.05) is 0 Å². The average molecular weight is 422 g/mol. The summed E-state index contributed by atoms with van der Waals surface area (Å²) in [5.74, 6) is 3.74. The fourth-order valence-electron chi connectivity index (χ4n) is 1.13. The molecule has 3 nitrogen and oxygen atoms in total. The van der Waals surface area contributed by atoms with Crippen molar-refractivity contribution in [2.45, 2.75) is 0 Å². The first kappa shape index (κ1) is 11.0. The lowest BCUT2D eigenvalue weighted by Gasteiger charge is -1.97. The minimum Gasteiger partial charge on any atom is -0.214 e. The largest absolute Gasteiger partial charge is 0.339 e. The van der Waals surface area contributed by atoms with Crippen molar-refractivity contribution in [3.63, 3.8) is 0 Å². The average Bonchev–Trinajstić information content (AvgIpc) is 2.44. The van der Waals surface area contributed by atoms with Gasteiger partial charge in [-0.15, -0.1) is 0 Å². The third-order valence-electron chi connectivity index (χ3n) is 1.78. The highest BCUT2D eigenvalue weighted by Crippen LogP contribution is 2.22. The Balaban J connectivity index is 2.57. The van der Waals surface area contributed by atoms with Crippen LogP contribution in [0.2, 0.25) is 0 Å². The first-order valence-corrected chi connectivity index (χ1v) is 6.21. The van der Waals surface area contributed by atoms with Crippen molar-refractivity contribution in [2.24, 2.45) is 4.99 Å². The Morgan fingerprint density at radius 3 is 3.07 bits per heavy atom. The first-order valence-electron chi connectivity index (χ1n) is 4.17. The van der Waals surface area contributed by atoms with Crippen LogP contribution in [0.15, 0.2) is 45.4 Å². The van der Waals surface area contributed by atoms with Crippen molar-refractivity contribution >= 4 is 56.9 Å². The minimum atomic E-state index is 0.911. The van der Waals surface area contributed by atoms with Gasteiger partial charge < -0.3 is 0 Å². The number of halogens is 2. The predicted octanol–water partition coefficient (Wildman–Crippen LogP) is 2.47. The van der Waals surface area contributed by atoms with Crippen LogP contribution in [-0.4, -0.2) is 10.9 Å². The molecule has 0 bridgehead atoms. The summed E-state index contributed by atoms with van der Waals surface area (Å²) in [5.41, 5.74) is 1.05. The van der Waals surface area contributed by atoms with E-state index in [9.17, 15) is 0 Å². The van der Waals surface area contributed by atoms with Crippen LogP contribution >= 0.6 is 45.5 Å². The van der Waals surface area contributed by atoms with Crippen molar-refractivity contribution in [3.8, 4) is 0 Å². The molecule has 1 aliphatic heterocycles. The van der Waals surface area contributed by atoms with Crippen molar-refractivity contribution in [1.82, 2.24) is 4.98 Å². The van der Waals surface area contributed by atoms with Gasteiger partial charge in [-0.25, -0.2) is 4.99 Å².